The van der Waals surface area contributed by atoms with Gasteiger partial charge in [-0.15, -0.1) is 0 Å². The van der Waals surface area contributed by atoms with Crippen LogP contribution in [0.25, 0.3) is 0 Å². The van der Waals surface area contributed by atoms with E-state index in [1.54, 1.807) is 24.4 Å². The third-order valence-electron chi connectivity index (χ3n) is 4.44. The first-order chi connectivity index (χ1) is 11.7. The van der Waals surface area contributed by atoms with Gasteiger partial charge in [0.2, 0.25) is 0 Å². The molecule has 2 fully saturated rings. The molecule has 0 unspecified atom stereocenters. The van der Waals surface area contributed by atoms with Gasteiger partial charge in [-0.25, -0.2) is 4.98 Å². The van der Waals surface area contributed by atoms with Gasteiger partial charge < -0.3 is 24.1 Å². The van der Waals surface area contributed by atoms with E-state index in [9.17, 15) is 4.79 Å². The molecule has 4 heterocycles. The van der Waals surface area contributed by atoms with Crippen LogP contribution in [0.2, 0.25) is 0 Å². The third-order valence-corrected chi connectivity index (χ3v) is 4.44. The molecule has 0 saturated carbocycles. The number of nitrogens with zero attached hydrogens (tertiary/aromatic N) is 2. The van der Waals surface area contributed by atoms with Crippen LogP contribution in [0.3, 0.4) is 0 Å². The number of hydrogen-bond donors (Lipinski definition) is 1. The van der Waals surface area contributed by atoms with E-state index < -0.39 is 0 Å². The first-order valence-corrected chi connectivity index (χ1v) is 8.08. The molecule has 24 heavy (non-hydrogen) atoms. The number of piperidine rings is 1. The van der Waals surface area contributed by atoms with Crippen LogP contribution in [0, 0.1) is 0 Å². The maximum absolute atomic E-state index is 11.9. The number of anilines is 2. The molecule has 1 N–H and O–H groups in total. The normalized spacial score (nSPS) is 19.6. The lowest BCUT2D eigenvalue weighted by Gasteiger charge is -2.38. The number of carbonyl (C=O) groups excluding carboxylic acids is 1. The molecule has 1 spiro atoms. The molecule has 4 rings (SSSR count). The second kappa shape index (κ2) is 6.26. The average molecular weight is 329 g/mol. The lowest BCUT2D eigenvalue weighted by molar-refractivity contribution is -0.169. The first-order valence-electron chi connectivity index (χ1n) is 8.08. The number of rotatable bonds is 3. The highest BCUT2D eigenvalue weighted by molar-refractivity contribution is 6.01. The monoisotopic (exact) mass is 329 g/mol. The van der Waals surface area contributed by atoms with Gasteiger partial charge in [-0.05, 0) is 24.3 Å². The molecule has 2 aliphatic rings. The SMILES string of the molecule is O=C(Nc1ccc(N2CCC3(CC2)OCCO3)cn1)c1ccco1. The van der Waals surface area contributed by atoms with E-state index in [0.29, 0.717) is 19.0 Å². The van der Waals surface area contributed by atoms with Crippen molar-refractivity contribution in [3.63, 3.8) is 0 Å². The number of pyridine rings is 1. The number of furan rings is 1. The molecule has 126 valence electrons. The topological polar surface area (TPSA) is 76.8 Å². The van der Waals surface area contributed by atoms with E-state index in [0.717, 1.165) is 31.6 Å². The zero-order valence-electron chi connectivity index (χ0n) is 13.2. The Kier molecular flexibility index (Phi) is 3.95. The Morgan fingerprint density at radius 3 is 2.58 bits per heavy atom. The molecule has 2 aromatic heterocycles. The van der Waals surface area contributed by atoms with Gasteiger partial charge in [-0.1, -0.05) is 0 Å². The van der Waals surface area contributed by atoms with Gasteiger partial charge in [-0.3, -0.25) is 4.79 Å². The molecule has 7 nitrogen and oxygen atoms in total. The molecule has 1 amide bonds. The summed E-state index contributed by atoms with van der Waals surface area (Å²) in [5, 5.41) is 2.71. The minimum Gasteiger partial charge on any atom is -0.459 e. The second-order valence-corrected chi connectivity index (χ2v) is 5.93. The van der Waals surface area contributed by atoms with Crippen LogP contribution in [-0.4, -0.2) is 43.0 Å². The summed E-state index contributed by atoms with van der Waals surface area (Å²) in [5.41, 5.74) is 1.03. The third kappa shape index (κ3) is 3.00. The minimum atomic E-state index is -0.374. The fourth-order valence-corrected chi connectivity index (χ4v) is 3.12. The van der Waals surface area contributed by atoms with Gasteiger partial charge in [0.25, 0.3) is 5.91 Å². The predicted octanol–water partition coefficient (Wildman–Crippen LogP) is 2.27. The van der Waals surface area contributed by atoms with E-state index >= 15 is 0 Å². The minimum absolute atomic E-state index is 0.263. The summed E-state index contributed by atoms with van der Waals surface area (Å²) >= 11 is 0. The summed E-state index contributed by atoms with van der Waals surface area (Å²) < 4.78 is 16.5. The zero-order chi connectivity index (χ0) is 16.4. The molecular weight excluding hydrogens is 310 g/mol. The molecule has 0 radical (unpaired) electrons. The van der Waals surface area contributed by atoms with E-state index in [-0.39, 0.29) is 17.5 Å². The quantitative estimate of drug-likeness (QED) is 0.931. The van der Waals surface area contributed by atoms with E-state index in [1.807, 2.05) is 6.07 Å². The Balaban J connectivity index is 1.37. The van der Waals surface area contributed by atoms with Gasteiger partial charge in [0.1, 0.15) is 5.82 Å². The summed E-state index contributed by atoms with van der Waals surface area (Å²) in [6.45, 7) is 3.09. The van der Waals surface area contributed by atoms with Crippen LogP contribution in [0.4, 0.5) is 11.5 Å². The van der Waals surface area contributed by atoms with Crippen molar-refractivity contribution in [1.29, 1.82) is 0 Å². The van der Waals surface area contributed by atoms with Crippen LogP contribution in [0.5, 0.6) is 0 Å². The molecule has 0 aliphatic carbocycles. The zero-order valence-corrected chi connectivity index (χ0v) is 13.2. The smallest absolute Gasteiger partial charge is 0.292 e. The van der Waals surface area contributed by atoms with Crippen LogP contribution >= 0.6 is 0 Å². The summed E-state index contributed by atoms with van der Waals surface area (Å²) in [6.07, 6.45) is 4.94. The molecular formula is C17H19N3O4. The van der Waals surface area contributed by atoms with E-state index in [2.05, 4.69) is 15.2 Å². The van der Waals surface area contributed by atoms with Crippen molar-refractivity contribution < 1.29 is 18.7 Å². The summed E-state index contributed by atoms with van der Waals surface area (Å²) in [6, 6.07) is 7.04. The molecule has 7 heteroatoms. The van der Waals surface area contributed by atoms with E-state index in [1.165, 1.54) is 6.26 Å². The number of aromatic nitrogens is 1. The van der Waals surface area contributed by atoms with Crippen LogP contribution in [-0.2, 0) is 9.47 Å². The van der Waals surface area contributed by atoms with Gasteiger partial charge in [0, 0.05) is 25.9 Å². The average Bonchev–Trinajstić information content (AvgIpc) is 3.29. The Hall–Kier alpha value is -2.38. The summed E-state index contributed by atoms with van der Waals surface area (Å²) in [5.74, 6) is 0.0755. The fraction of sp³-hybridized carbons (Fsp3) is 0.412. The summed E-state index contributed by atoms with van der Waals surface area (Å²) in [4.78, 5) is 18.5. The molecule has 0 aromatic carbocycles. The number of ether oxygens (including phenoxy) is 2. The molecule has 2 saturated heterocycles. The number of amides is 1. The van der Waals surface area contributed by atoms with Gasteiger partial charge in [0.05, 0.1) is 31.4 Å². The molecule has 0 atom stereocenters. The predicted molar refractivity (Wildman–Crippen MR) is 87.0 cm³/mol. The second-order valence-electron chi connectivity index (χ2n) is 5.93. The molecule has 2 aliphatic heterocycles. The van der Waals surface area contributed by atoms with Crippen molar-refractivity contribution in [1.82, 2.24) is 4.98 Å². The highest BCUT2D eigenvalue weighted by Gasteiger charge is 2.39. The van der Waals surface area contributed by atoms with Gasteiger partial charge in [-0.2, -0.15) is 0 Å². The fourth-order valence-electron chi connectivity index (χ4n) is 3.12. The first kappa shape index (κ1) is 15.2. The van der Waals surface area contributed by atoms with Gasteiger partial charge >= 0.3 is 0 Å². The Bertz CT molecular complexity index is 683. The van der Waals surface area contributed by atoms with Gasteiger partial charge in [0.15, 0.2) is 11.5 Å². The Morgan fingerprint density at radius 1 is 1.17 bits per heavy atom. The highest BCUT2D eigenvalue weighted by atomic mass is 16.7. The molecule has 0 bridgehead atoms. The van der Waals surface area contributed by atoms with Crippen molar-refractivity contribution in [2.24, 2.45) is 0 Å². The standard InChI is InChI=1S/C17H19N3O4/c21-16(14-2-1-9-22-14)19-15-4-3-13(12-18-15)20-7-5-17(6-8-20)23-10-11-24-17/h1-4,9,12H,5-8,10-11H2,(H,18,19,21). The van der Waals surface area contributed by atoms with Crippen LogP contribution < -0.4 is 10.2 Å². The van der Waals surface area contributed by atoms with Crippen molar-refractivity contribution >= 4 is 17.4 Å². The molecule has 2 aromatic rings. The van der Waals surface area contributed by atoms with Crippen molar-refractivity contribution in [3.05, 3.63) is 42.5 Å². The van der Waals surface area contributed by atoms with Crippen molar-refractivity contribution in [2.45, 2.75) is 18.6 Å². The number of hydrogen-bond acceptors (Lipinski definition) is 6. The van der Waals surface area contributed by atoms with Crippen LogP contribution in [0.1, 0.15) is 23.4 Å². The van der Waals surface area contributed by atoms with Crippen molar-refractivity contribution in [2.75, 3.05) is 36.5 Å². The maximum atomic E-state index is 11.9. The Labute approximate surface area is 139 Å². The number of carbonyl (C=O) groups is 1. The summed E-state index contributed by atoms with van der Waals surface area (Å²) in [7, 11) is 0. The van der Waals surface area contributed by atoms with Crippen LogP contribution in [0.15, 0.2) is 41.1 Å². The largest absolute Gasteiger partial charge is 0.459 e. The maximum Gasteiger partial charge on any atom is 0.292 e. The highest BCUT2D eigenvalue weighted by Crippen LogP contribution is 2.33. The Morgan fingerprint density at radius 2 is 1.96 bits per heavy atom. The van der Waals surface area contributed by atoms with Crippen molar-refractivity contribution in [3.8, 4) is 0 Å². The lowest BCUT2D eigenvalue weighted by atomic mass is 10.0. The van der Waals surface area contributed by atoms with E-state index in [4.69, 9.17) is 13.9 Å². The lowest BCUT2D eigenvalue weighted by Crippen LogP contribution is -2.45. The number of nitrogens with one attached hydrogen (secondary N) is 1.